The van der Waals surface area contributed by atoms with E-state index in [4.69, 9.17) is 0 Å². The lowest BCUT2D eigenvalue weighted by Crippen LogP contribution is -2.23. The van der Waals surface area contributed by atoms with Crippen LogP contribution in [-0.2, 0) is 13.0 Å². The maximum absolute atomic E-state index is 13.7. The molecule has 1 unspecified atom stereocenters. The maximum Gasteiger partial charge on any atom is 0.129 e. The van der Waals surface area contributed by atoms with Crippen molar-refractivity contribution in [3.63, 3.8) is 0 Å². The summed E-state index contributed by atoms with van der Waals surface area (Å²) in [6, 6.07) is 3.68. The van der Waals surface area contributed by atoms with Gasteiger partial charge in [-0.2, -0.15) is 5.10 Å². The molecule has 1 aromatic carbocycles. The Morgan fingerprint density at radius 2 is 2.10 bits per heavy atom. The third-order valence-electron chi connectivity index (χ3n) is 3.27. The second-order valence-electron chi connectivity index (χ2n) is 4.68. The van der Waals surface area contributed by atoms with Crippen molar-refractivity contribution in [2.75, 3.05) is 6.54 Å². The average molecular weight is 279 g/mol. The third-order valence-corrected chi connectivity index (χ3v) is 3.27. The number of nitrogens with zero attached hydrogens (tertiary/aromatic N) is 2. The molecule has 0 radical (unpaired) electrons. The van der Waals surface area contributed by atoms with Crippen LogP contribution in [0.1, 0.15) is 31.0 Å². The minimum Gasteiger partial charge on any atom is -0.310 e. The fourth-order valence-electron chi connectivity index (χ4n) is 2.19. The smallest absolute Gasteiger partial charge is 0.129 e. The average Bonchev–Trinajstić information content (AvgIpc) is 2.90. The molecule has 1 N–H and O–H groups in total. The van der Waals surface area contributed by atoms with Gasteiger partial charge in [-0.05, 0) is 31.5 Å². The van der Waals surface area contributed by atoms with E-state index in [-0.39, 0.29) is 6.04 Å². The number of aryl methyl sites for hydroxylation is 1. The van der Waals surface area contributed by atoms with Crippen molar-refractivity contribution in [2.45, 2.75) is 32.9 Å². The van der Waals surface area contributed by atoms with Gasteiger partial charge in [-0.1, -0.05) is 13.0 Å². The maximum atomic E-state index is 13.7. The van der Waals surface area contributed by atoms with E-state index in [1.54, 1.807) is 6.20 Å². The predicted octanol–water partition coefficient (Wildman–Crippen LogP) is 3.07. The van der Waals surface area contributed by atoms with Crippen LogP contribution in [0.4, 0.5) is 8.78 Å². The van der Waals surface area contributed by atoms with E-state index in [1.165, 1.54) is 12.1 Å². The lowest BCUT2D eigenvalue weighted by Gasteiger charge is -2.17. The molecule has 0 aliphatic heterocycles. The molecular weight excluding hydrogens is 260 g/mol. The topological polar surface area (TPSA) is 29.9 Å². The highest BCUT2D eigenvalue weighted by molar-refractivity contribution is 5.22. The molecule has 1 aromatic heterocycles. The van der Waals surface area contributed by atoms with E-state index in [0.29, 0.717) is 12.0 Å². The molecule has 0 bridgehead atoms. The molecule has 108 valence electrons. The van der Waals surface area contributed by atoms with Gasteiger partial charge in [0.05, 0.1) is 6.20 Å². The van der Waals surface area contributed by atoms with E-state index in [2.05, 4.69) is 10.4 Å². The Morgan fingerprint density at radius 3 is 2.70 bits per heavy atom. The van der Waals surface area contributed by atoms with Crippen molar-refractivity contribution >= 4 is 0 Å². The summed E-state index contributed by atoms with van der Waals surface area (Å²) in [5, 5.41) is 7.55. The van der Waals surface area contributed by atoms with Crippen LogP contribution in [0, 0.1) is 11.6 Å². The molecule has 0 aliphatic rings. The van der Waals surface area contributed by atoms with Crippen LogP contribution in [0.2, 0.25) is 0 Å². The Kier molecular flexibility index (Phi) is 4.84. The zero-order chi connectivity index (χ0) is 14.5. The summed E-state index contributed by atoms with van der Waals surface area (Å²) in [5.74, 6) is -1.05. The van der Waals surface area contributed by atoms with Gasteiger partial charge in [0.1, 0.15) is 11.6 Å². The van der Waals surface area contributed by atoms with Gasteiger partial charge >= 0.3 is 0 Å². The van der Waals surface area contributed by atoms with Crippen molar-refractivity contribution in [3.8, 4) is 0 Å². The zero-order valence-electron chi connectivity index (χ0n) is 11.7. The third kappa shape index (κ3) is 3.42. The molecule has 0 fully saturated rings. The molecule has 0 saturated heterocycles. The highest BCUT2D eigenvalue weighted by Gasteiger charge is 2.15. The first kappa shape index (κ1) is 14.7. The first-order chi connectivity index (χ1) is 9.63. The lowest BCUT2D eigenvalue weighted by molar-refractivity contribution is 0.520. The Morgan fingerprint density at radius 1 is 1.30 bits per heavy atom. The van der Waals surface area contributed by atoms with Gasteiger partial charge in [-0.25, -0.2) is 8.78 Å². The molecule has 5 heteroatoms. The number of hydrogen-bond donors (Lipinski definition) is 1. The number of nitrogens with one attached hydrogen (secondary N) is 1. The van der Waals surface area contributed by atoms with Crippen molar-refractivity contribution in [2.24, 2.45) is 0 Å². The van der Waals surface area contributed by atoms with Crippen LogP contribution in [0.5, 0.6) is 0 Å². The van der Waals surface area contributed by atoms with Gasteiger partial charge in [-0.15, -0.1) is 0 Å². The van der Waals surface area contributed by atoms with E-state index in [0.717, 1.165) is 24.7 Å². The standard InChI is InChI=1S/C15H19F2N3/c1-3-18-15(12-9-19-20(4-2)10-12)7-11-5-6-13(16)8-14(11)17/h5-6,8-10,15,18H,3-4,7H2,1-2H3. The Labute approximate surface area is 117 Å². The Bertz CT molecular complexity index is 566. The van der Waals surface area contributed by atoms with E-state index >= 15 is 0 Å². The Balaban J connectivity index is 2.20. The molecule has 0 saturated carbocycles. The molecule has 0 spiro atoms. The zero-order valence-corrected chi connectivity index (χ0v) is 11.7. The summed E-state index contributed by atoms with van der Waals surface area (Å²) in [4.78, 5) is 0. The molecule has 20 heavy (non-hydrogen) atoms. The molecule has 1 heterocycles. The number of hydrogen-bond acceptors (Lipinski definition) is 2. The van der Waals surface area contributed by atoms with Gasteiger partial charge in [0.15, 0.2) is 0 Å². The van der Waals surface area contributed by atoms with E-state index < -0.39 is 11.6 Å². The number of likely N-dealkylation sites (N-methyl/N-ethyl adjacent to an activating group) is 1. The number of aromatic nitrogens is 2. The minimum absolute atomic E-state index is 0.0275. The number of rotatable bonds is 6. The number of halogens is 2. The van der Waals surface area contributed by atoms with Gasteiger partial charge < -0.3 is 5.32 Å². The van der Waals surface area contributed by atoms with Gasteiger partial charge in [-0.3, -0.25) is 4.68 Å². The summed E-state index contributed by atoms with van der Waals surface area (Å²) in [6.45, 7) is 5.57. The molecule has 2 aromatic rings. The second kappa shape index (κ2) is 6.61. The summed E-state index contributed by atoms with van der Waals surface area (Å²) in [6.07, 6.45) is 4.21. The molecule has 0 amide bonds. The van der Waals surface area contributed by atoms with Gasteiger partial charge in [0.2, 0.25) is 0 Å². The second-order valence-corrected chi connectivity index (χ2v) is 4.68. The van der Waals surface area contributed by atoms with Crippen LogP contribution in [-0.4, -0.2) is 16.3 Å². The minimum atomic E-state index is -0.551. The summed E-state index contributed by atoms with van der Waals surface area (Å²) >= 11 is 0. The van der Waals surface area contributed by atoms with Crippen LogP contribution >= 0.6 is 0 Å². The summed E-state index contributed by atoms with van der Waals surface area (Å²) < 4.78 is 28.5. The summed E-state index contributed by atoms with van der Waals surface area (Å²) in [5.41, 5.74) is 1.51. The first-order valence-electron chi connectivity index (χ1n) is 6.83. The largest absolute Gasteiger partial charge is 0.310 e. The normalized spacial score (nSPS) is 12.6. The molecular formula is C15H19F2N3. The SMILES string of the molecule is CCNC(Cc1ccc(F)cc1F)c1cnn(CC)c1. The molecule has 2 rings (SSSR count). The van der Waals surface area contributed by atoms with Crippen LogP contribution in [0.3, 0.4) is 0 Å². The monoisotopic (exact) mass is 279 g/mol. The van der Waals surface area contributed by atoms with Gasteiger partial charge in [0.25, 0.3) is 0 Å². The van der Waals surface area contributed by atoms with Gasteiger partial charge in [0, 0.05) is 30.4 Å². The quantitative estimate of drug-likeness (QED) is 0.880. The molecule has 0 aliphatic carbocycles. The lowest BCUT2D eigenvalue weighted by atomic mass is 10.0. The van der Waals surface area contributed by atoms with Crippen molar-refractivity contribution < 1.29 is 8.78 Å². The van der Waals surface area contributed by atoms with Crippen molar-refractivity contribution in [1.82, 2.24) is 15.1 Å². The Hall–Kier alpha value is -1.75. The van der Waals surface area contributed by atoms with Crippen LogP contribution < -0.4 is 5.32 Å². The van der Waals surface area contributed by atoms with Crippen molar-refractivity contribution in [3.05, 3.63) is 53.4 Å². The van der Waals surface area contributed by atoms with E-state index in [1.807, 2.05) is 24.7 Å². The fourth-order valence-corrected chi connectivity index (χ4v) is 2.19. The van der Waals surface area contributed by atoms with Crippen LogP contribution in [0.15, 0.2) is 30.6 Å². The highest BCUT2D eigenvalue weighted by Crippen LogP contribution is 2.20. The molecule has 3 nitrogen and oxygen atoms in total. The molecule has 1 atom stereocenters. The summed E-state index contributed by atoms with van der Waals surface area (Å²) in [7, 11) is 0. The fraction of sp³-hybridized carbons (Fsp3) is 0.400. The number of benzene rings is 1. The van der Waals surface area contributed by atoms with Crippen molar-refractivity contribution in [1.29, 1.82) is 0 Å². The predicted molar refractivity (Wildman–Crippen MR) is 74.4 cm³/mol. The van der Waals surface area contributed by atoms with Crippen LogP contribution in [0.25, 0.3) is 0 Å². The van der Waals surface area contributed by atoms with E-state index in [9.17, 15) is 8.78 Å². The highest BCUT2D eigenvalue weighted by atomic mass is 19.1. The first-order valence-corrected chi connectivity index (χ1v) is 6.83.